The summed E-state index contributed by atoms with van der Waals surface area (Å²) in [6.45, 7) is 2.75. The van der Waals surface area contributed by atoms with Gasteiger partial charge < -0.3 is 15.2 Å². The van der Waals surface area contributed by atoms with Crippen LogP contribution in [0.2, 0.25) is 0 Å². The van der Waals surface area contributed by atoms with E-state index >= 15 is 0 Å². The molecule has 1 rings (SSSR count). The molecule has 0 aliphatic carbocycles. The van der Waals surface area contributed by atoms with E-state index in [0.29, 0.717) is 24.3 Å². The minimum Gasteiger partial charge on any atom is -0.478 e. The van der Waals surface area contributed by atoms with Gasteiger partial charge in [0.25, 0.3) is 0 Å². The monoisotopic (exact) mass is 295 g/mol. The zero-order valence-electron chi connectivity index (χ0n) is 11.8. The Morgan fingerprint density at radius 2 is 2.19 bits per heavy atom. The summed E-state index contributed by atoms with van der Waals surface area (Å²) in [5.74, 6) is -1.76. The summed E-state index contributed by atoms with van der Waals surface area (Å²) in [6.07, 6.45) is 2.55. The molecule has 6 heteroatoms. The van der Waals surface area contributed by atoms with Gasteiger partial charge in [-0.25, -0.2) is 9.18 Å². The van der Waals surface area contributed by atoms with Crippen molar-refractivity contribution in [2.45, 2.75) is 19.9 Å². The third-order valence-corrected chi connectivity index (χ3v) is 2.64. The molecule has 1 amide bonds. The van der Waals surface area contributed by atoms with Crippen molar-refractivity contribution in [3.05, 3.63) is 41.2 Å². The van der Waals surface area contributed by atoms with Gasteiger partial charge in [0, 0.05) is 31.2 Å². The first-order valence-electron chi connectivity index (χ1n) is 6.56. The van der Waals surface area contributed by atoms with Crippen molar-refractivity contribution < 1.29 is 23.8 Å². The summed E-state index contributed by atoms with van der Waals surface area (Å²) >= 11 is 0. The van der Waals surface area contributed by atoms with Crippen molar-refractivity contribution in [3.63, 3.8) is 0 Å². The standard InChI is InChI=1S/C15H18FNO4/c1-2-21-8-7-14(18)17-10-12-9-11(3-5-13(12)16)4-6-15(19)20/h3-6,9H,2,7-8,10H2,1H3,(H,17,18)(H,19,20). The number of hydrogen-bond acceptors (Lipinski definition) is 3. The zero-order valence-corrected chi connectivity index (χ0v) is 11.8. The van der Waals surface area contributed by atoms with Gasteiger partial charge in [-0.2, -0.15) is 0 Å². The highest BCUT2D eigenvalue weighted by molar-refractivity contribution is 5.85. The molecule has 0 aliphatic rings. The third-order valence-electron chi connectivity index (χ3n) is 2.64. The number of hydrogen-bond donors (Lipinski definition) is 2. The predicted octanol–water partition coefficient (Wildman–Crippen LogP) is 1.97. The van der Waals surface area contributed by atoms with Gasteiger partial charge in [0.2, 0.25) is 5.91 Å². The van der Waals surface area contributed by atoms with E-state index in [1.54, 1.807) is 0 Å². The van der Waals surface area contributed by atoms with Gasteiger partial charge >= 0.3 is 5.97 Å². The lowest BCUT2D eigenvalue weighted by molar-refractivity contribution is -0.131. The minimum atomic E-state index is -1.08. The molecule has 21 heavy (non-hydrogen) atoms. The van der Waals surface area contributed by atoms with Crippen molar-refractivity contribution in [1.29, 1.82) is 0 Å². The Kier molecular flexibility index (Phi) is 7.11. The lowest BCUT2D eigenvalue weighted by Gasteiger charge is -2.07. The first-order chi connectivity index (χ1) is 10.0. The van der Waals surface area contributed by atoms with E-state index in [4.69, 9.17) is 9.84 Å². The Morgan fingerprint density at radius 1 is 1.43 bits per heavy atom. The molecule has 0 bridgehead atoms. The fraction of sp³-hybridized carbons (Fsp3) is 0.333. The maximum Gasteiger partial charge on any atom is 0.328 e. The fourth-order valence-corrected chi connectivity index (χ4v) is 1.59. The predicted molar refractivity (Wildman–Crippen MR) is 76.0 cm³/mol. The SMILES string of the molecule is CCOCCC(=O)NCc1cc(C=CC(=O)O)ccc1F. The number of ether oxygens (including phenoxy) is 1. The summed E-state index contributed by atoms with van der Waals surface area (Å²) in [4.78, 5) is 21.9. The van der Waals surface area contributed by atoms with Gasteiger partial charge in [0.1, 0.15) is 5.82 Å². The molecule has 0 atom stereocenters. The molecule has 114 valence electrons. The first kappa shape index (κ1) is 16.8. The average molecular weight is 295 g/mol. The molecule has 0 saturated heterocycles. The van der Waals surface area contributed by atoms with Crippen molar-refractivity contribution in [2.24, 2.45) is 0 Å². The van der Waals surface area contributed by atoms with Crippen LogP contribution in [0.5, 0.6) is 0 Å². The number of carbonyl (C=O) groups is 2. The van der Waals surface area contributed by atoms with Crippen LogP contribution in [0.4, 0.5) is 4.39 Å². The molecule has 0 fully saturated rings. The molecule has 2 N–H and O–H groups in total. The van der Waals surface area contributed by atoms with Crippen LogP contribution in [-0.2, 0) is 20.9 Å². The van der Waals surface area contributed by atoms with Gasteiger partial charge in [0.15, 0.2) is 0 Å². The molecule has 0 aliphatic heterocycles. The largest absolute Gasteiger partial charge is 0.478 e. The maximum absolute atomic E-state index is 13.6. The lowest BCUT2D eigenvalue weighted by atomic mass is 10.1. The van der Waals surface area contributed by atoms with Crippen LogP contribution in [-0.4, -0.2) is 30.2 Å². The topological polar surface area (TPSA) is 75.6 Å². The molecular formula is C15H18FNO4. The van der Waals surface area contributed by atoms with Crippen molar-refractivity contribution in [3.8, 4) is 0 Å². The van der Waals surface area contributed by atoms with Gasteiger partial charge in [0.05, 0.1) is 6.61 Å². The van der Waals surface area contributed by atoms with Crippen molar-refractivity contribution >= 4 is 18.0 Å². The molecule has 0 unspecified atom stereocenters. The molecule has 0 aromatic heterocycles. The molecule has 0 saturated carbocycles. The van der Waals surface area contributed by atoms with Gasteiger partial charge in [-0.15, -0.1) is 0 Å². The van der Waals surface area contributed by atoms with Crippen LogP contribution in [0, 0.1) is 5.82 Å². The maximum atomic E-state index is 13.6. The number of amides is 1. The molecule has 0 radical (unpaired) electrons. The molecular weight excluding hydrogens is 277 g/mol. The van der Waals surface area contributed by atoms with Crippen molar-refractivity contribution in [1.82, 2.24) is 5.32 Å². The van der Waals surface area contributed by atoms with E-state index in [9.17, 15) is 14.0 Å². The Labute approximate surface area is 122 Å². The summed E-state index contributed by atoms with van der Waals surface area (Å²) in [7, 11) is 0. The second-order valence-electron chi connectivity index (χ2n) is 4.25. The van der Waals surface area contributed by atoms with Crippen LogP contribution < -0.4 is 5.32 Å². The highest BCUT2D eigenvalue weighted by Crippen LogP contribution is 2.12. The number of carboxylic acids is 1. The van der Waals surface area contributed by atoms with E-state index < -0.39 is 11.8 Å². The summed E-state index contributed by atoms with van der Waals surface area (Å²) in [5.41, 5.74) is 0.852. The normalized spacial score (nSPS) is 10.8. The average Bonchev–Trinajstić information content (AvgIpc) is 2.45. The molecule has 5 nitrogen and oxygen atoms in total. The second-order valence-corrected chi connectivity index (χ2v) is 4.25. The van der Waals surface area contributed by atoms with Gasteiger partial charge in [-0.1, -0.05) is 6.07 Å². The van der Waals surface area contributed by atoms with E-state index in [-0.39, 0.29) is 18.9 Å². The quantitative estimate of drug-likeness (QED) is 0.568. The highest BCUT2D eigenvalue weighted by atomic mass is 19.1. The Hall–Kier alpha value is -2.21. The van der Waals surface area contributed by atoms with Gasteiger partial charge in [-0.05, 0) is 30.7 Å². The zero-order chi connectivity index (χ0) is 15.7. The summed E-state index contributed by atoms with van der Waals surface area (Å²) in [6, 6.07) is 4.20. The molecule has 1 aromatic rings. The van der Waals surface area contributed by atoms with Crippen LogP contribution in [0.15, 0.2) is 24.3 Å². The lowest BCUT2D eigenvalue weighted by Crippen LogP contribution is -2.24. The van der Waals surface area contributed by atoms with E-state index in [2.05, 4.69) is 5.32 Å². The second kappa shape index (κ2) is 8.86. The van der Waals surface area contributed by atoms with E-state index in [0.717, 1.165) is 6.08 Å². The third kappa shape index (κ3) is 6.67. The molecule has 0 spiro atoms. The van der Waals surface area contributed by atoms with Gasteiger partial charge in [-0.3, -0.25) is 4.79 Å². The summed E-state index contributed by atoms with van der Waals surface area (Å²) < 4.78 is 18.7. The summed E-state index contributed by atoms with van der Waals surface area (Å²) in [5, 5.41) is 11.1. The number of halogens is 1. The number of carbonyl (C=O) groups excluding carboxylic acids is 1. The van der Waals surface area contributed by atoms with Crippen molar-refractivity contribution in [2.75, 3.05) is 13.2 Å². The Balaban J connectivity index is 2.59. The number of aliphatic carboxylic acids is 1. The van der Waals surface area contributed by atoms with Crippen LogP contribution in [0.25, 0.3) is 6.08 Å². The van der Waals surface area contributed by atoms with Crippen LogP contribution in [0.1, 0.15) is 24.5 Å². The number of nitrogens with one attached hydrogen (secondary N) is 1. The number of benzene rings is 1. The van der Waals surface area contributed by atoms with E-state index in [1.807, 2.05) is 6.92 Å². The first-order valence-corrected chi connectivity index (χ1v) is 6.56. The number of rotatable bonds is 8. The minimum absolute atomic E-state index is 0.0472. The smallest absolute Gasteiger partial charge is 0.328 e. The highest BCUT2D eigenvalue weighted by Gasteiger charge is 2.06. The molecule has 0 heterocycles. The fourth-order valence-electron chi connectivity index (χ4n) is 1.59. The van der Waals surface area contributed by atoms with E-state index in [1.165, 1.54) is 24.3 Å². The van der Waals surface area contributed by atoms with Crippen LogP contribution in [0.3, 0.4) is 0 Å². The Bertz CT molecular complexity index is 528. The Morgan fingerprint density at radius 3 is 2.86 bits per heavy atom. The van der Waals surface area contributed by atoms with Crippen LogP contribution >= 0.6 is 0 Å². The molecule has 1 aromatic carbocycles. The number of carboxylic acid groups (broad SMARTS) is 1.